The molecule has 3 rings (SSSR count). The number of pyridine rings is 1. The van der Waals surface area contributed by atoms with Crippen LogP contribution in [-0.2, 0) is 0 Å². The lowest BCUT2D eigenvalue weighted by atomic mass is 10.1. The maximum atomic E-state index is 6.03. The third kappa shape index (κ3) is 2.79. The van der Waals surface area contributed by atoms with E-state index in [0.717, 1.165) is 27.2 Å². The maximum Gasteiger partial charge on any atom is 0.203 e. The van der Waals surface area contributed by atoms with Crippen LogP contribution in [0.25, 0.3) is 10.8 Å². The zero-order valence-electron chi connectivity index (χ0n) is 10.7. The van der Waals surface area contributed by atoms with Gasteiger partial charge in [0.05, 0.1) is 11.9 Å². The summed E-state index contributed by atoms with van der Waals surface area (Å²) in [6.45, 7) is 1.95. The third-order valence-electron chi connectivity index (χ3n) is 2.73. The summed E-state index contributed by atoms with van der Waals surface area (Å²) in [6.07, 6.45) is 3.45. The Morgan fingerprint density at radius 3 is 3.05 bits per heavy atom. The topological polar surface area (TPSA) is 50.2 Å². The number of nitrogens with one attached hydrogen (secondary N) is 1. The van der Waals surface area contributed by atoms with Crippen LogP contribution in [-0.4, -0.2) is 16.2 Å². The van der Waals surface area contributed by atoms with Crippen molar-refractivity contribution in [2.24, 2.45) is 5.10 Å². The fraction of sp³-hybridized carbons (Fsp3) is 0.0714. The monoisotopic (exact) mass is 302 g/mol. The van der Waals surface area contributed by atoms with E-state index in [-0.39, 0.29) is 0 Å². The first-order valence-corrected chi connectivity index (χ1v) is 7.23. The Morgan fingerprint density at radius 1 is 1.35 bits per heavy atom. The summed E-state index contributed by atoms with van der Waals surface area (Å²) >= 11 is 7.56. The number of benzene rings is 1. The molecule has 0 fully saturated rings. The largest absolute Gasteiger partial charge is 0.253 e. The molecule has 0 aliphatic heterocycles. The summed E-state index contributed by atoms with van der Waals surface area (Å²) < 4.78 is 0. The predicted octanol–water partition coefficient (Wildman–Crippen LogP) is 4.10. The van der Waals surface area contributed by atoms with Gasteiger partial charge in [-0.1, -0.05) is 23.7 Å². The lowest BCUT2D eigenvalue weighted by Gasteiger charge is -2.00. The van der Waals surface area contributed by atoms with Crippen molar-refractivity contribution in [1.29, 1.82) is 0 Å². The number of aryl methyl sites for hydroxylation is 1. The Labute approximate surface area is 125 Å². The van der Waals surface area contributed by atoms with Gasteiger partial charge in [0.1, 0.15) is 5.15 Å². The minimum Gasteiger partial charge on any atom is -0.253 e. The quantitative estimate of drug-likeness (QED) is 0.450. The molecule has 0 bridgehead atoms. The van der Waals surface area contributed by atoms with Crippen molar-refractivity contribution in [3.8, 4) is 0 Å². The highest BCUT2D eigenvalue weighted by Crippen LogP contribution is 2.21. The van der Waals surface area contributed by atoms with E-state index >= 15 is 0 Å². The number of hydrogen-bond acceptors (Lipinski definition) is 5. The van der Waals surface area contributed by atoms with Crippen molar-refractivity contribution in [1.82, 2.24) is 9.97 Å². The Hall–Kier alpha value is -1.98. The molecule has 0 aliphatic rings. The SMILES string of the molecule is Cc1csc(NN=Cc2ccc3c(Cl)nccc3c2)n1. The lowest BCUT2D eigenvalue weighted by Crippen LogP contribution is -1.90. The molecule has 20 heavy (non-hydrogen) atoms. The molecule has 3 aromatic rings. The summed E-state index contributed by atoms with van der Waals surface area (Å²) in [6, 6.07) is 7.84. The third-order valence-corrected chi connectivity index (χ3v) is 3.90. The van der Waals surface area contributed by atoms with Gasteiger partial charge in [-0.3, -0.25) is 5.43 Å². The highest BCUT2D eigenvalue weighted by Gasteiger charge is 2.00. The molecule has 0 saturated carbocycles. The summed E-state index contributed by atoms with van der Waals surface area (Å²) in [7, 11) is 0. The highest BCUT2D eigenvalue weighted by atomic mass is 35.5. The summed E-state index contributed by atoms with van der Waals surface area (Å²) in [5, 5.41) is 9.43. The number of hydrogen-bond donors (Lipinski definition) is 1. The number of thiazole rings is 1. The van der Waals surface area contributed by atoms with Crippen LogP contribution in [0.5, 0.6) is 0 Å². The molecule has 0 atom stereocenters. The van der Waals surface area contributed by atoms with Gasteiger partial charge in [-0.25, -0.2) is 9.97 Å². The average molecular weight is 303 g/mol. The van der Waals surface area contributed by atoms with E-state index in [9.17, 15) is 0 Å². The molecule has 0 unspecified atom stereocenters. The van der Waals surface area contributed by atoms with Crippen molar-refractivity contribution in [2.45, 2.75) is 6.92 Å². The van der Waals surface area contributed by atoms with Crippen molar-refractivity contribution in [2.75, 3.05) is 5.43 Å². The molecule has 100 valence electrons. The number of fused-ring (bicyclic) bond motifs is 1. The average Bonchev–Trinajstić information content (AvgIpc) is 2.85. The van der Waals surface area contributed by atoms with Gasteiger partial charge in [0, 0.05) is 17.0 Å². The van der Waals surface area contributed by atoms with Crippen LogP contribution in [0.15, 0.2) is 40.9 Å². The minimum atomic E-state index is 0.516. The number of nitrogens with zero attached hydrogens (tertiary/aromatic N) is 3. The molecule has 2 heterocycles. The second kappa shape index (κ2) is 5.56. The molecule has 0 aliphatic carbocycles. The van der Waals surface area contributed by atoms with Crippen LogP contribution >= 0.6 is 22.9 Å². The van der Waals surface area contributed by atoms with E-state index in [1.165, 1.54) is 11.3 Å². The van der Waals surface area contributed by atoms with E-state index in [2.05, 4.69) is 20.5 Å². The normalized spacial score (nSPS) is 11.3. The fourth-order valence-corrected chi connectivity index (χ4v) is 2.67. The summed E-state index contributed by atoms with van der Waals surface area (Å²) in [5.74, 6) is 0. The lowest BCUT2D eigenvalue weighted by molar-refractivity contribution is 1.22. The van der Waals surface area contributed by atoms with Gasteiger partial charge in [-0.15, -0.1) is 11.3 Å². The van der Waals surface area contributed by atoms with Gasteiger partial charge in [0.15, 0.2) is 0 Å². The maximum absolute atomic E-state index is 6.03. The molecular weight excluding hydrogens is 292 g/mol. The number of aromatic nitrogens is 2. The molecule has 4 nitrogen and oxygen atoms in total. The Bertz CT molecular complexity index is 782. The minimum absolute atomic E-state index is 0.516. The van der Waals surface area contributed by atoms with Gasteiger partial charge >= 0.3 is 0 Å². The first-order chi connectivity index (χ1) is 9.72. The van der Waals surface area contributed by atoms with Crippen LogP contribution in [0.4, 0.5) is 5.13 Å². The van der Waals surface area contributed by atoms with Crippen LogP contribution in [0, 0.1) is 6.92 Å². The van der Waals surface area contributed by atoms with E-state index in [1.54, 1.807) is 12.4 Å². The first kappa shape index (κ1) is 13.0. The zero-order chi connectivity index (χ0) is 13.9. The van der Waals surface area contributed by atoms with Crippen LogP contribution < -0.4 is 5.43 Å². The van der Waals surface area contributed by atoms with Crippen molar-refractivity contribution in [3.63, 3.8) is 0 Å². The van der Waals surface area contributed by atoms with Crippen molar-refractivity contribution < 1.29 is 0 Å². The zero-order valence-corrected chi connectivity index (χ0v) is 12.2. The second-order valence-electron chi connectivity index (χ2n) is 4.25. The van der Waals surface area contributed by atoms with Gasteiger partial charge in [-0.05, 0) is 30.0 Å². The van der Waals surface area contributed by atoms with E-state index in [1.807, 2.05) is 36.6 Å². The molecular formula is C14H11ClN4S. The van der Waals surface area contributed by atoms with E-state index < -0.39 is 0 Å². The fourth-order valence-electron chi connectivity index (χ4n) is 1.81. The number of halogens is 1. The predicted molar refractivity (Wildman–Crippen MR) is 84.8 cm³/mol. The van der Waals surface area contributed by atoms with E-state index in [4.69, 9.17) is 11.6 Å². The molecule has 1 aromatic carbocycles. The molecule has 0 amide bonds. The second-order valence-corrected chi connectivity index (χ2v) is 5.46. The Balaban J connectivity index is 1.80. The number of rotatable bonds is 3. The Morgan fingerprint density at radius 2 is 2.25 bits per heavy atom. The van der Waals surface area contributed by atoms with Crippen LogP contribution in [0.3, 0.4) is 0 Å². The number of anilines is 1. The molecule has 0 spiro atoms. The highest BCUT2D eigenvalue weighted by molar-refractivity contribution is 7.13. The standard InChI is InChI=1S/C14H11ClN4S/c1-9-8-20-14(18-9)19-17-7-10-2-3-12-11(6-10)4-5-16-13(12)15/h2-8H,1H3,(H,18,19). The van der Waals surface area contributed by atoms with Crippen LogP contribution in [0.1, 0.15) is 11.3 Å². The van der Waals surface area contributed by atoms with Gasteiger partial charge in [0.2, 0.25) is 5.13 Å². The van der Waals surface area contributed by atoms with Gasteiger partial charge in [-0.2, -0.15) is 5.10 Å². The number of hydrazone groups is 1. The van der Waals surface area contributed by atoms with Gasteiger partial charge < -0.3 is 0 Å². The molecule has 1 N–H and O–H groups in total. The van der Waals surface area contributed by atoms with Crippen molar-refractivity contribution in [3.05, 3.63) is 52.3 Å². The molecule has 0 saturated heterocycles. The van der Waals surface area contributed by atoms with E-state index in [0.29, 0.717) is 5.15 Å². The first-order valence-electron chi connectivity index (χ1n) is 5.98. The summed E-state index contributed by atoms with van der Waals surface area (Å²) in [4.78, 5) is 8.33. The molecule has 2 aromatic heterocycles. The van der Waals surface area contributed by atoms with Crippen LogP contribution in [0.2, 0.25) is 5.15 Å². The molecule has 0 radical (unpaired) electrons. The smallest absolute Gasteiger partial charge is 0.203 e. The summed E-state index contributed by atoms with van der Waals surface area (Å²) in [5.41, 5.74) is 4.89. The molecule has 6 heteroatoms. The Kier molecular flexibility index (Phi) is 3.62. The van der Waals surface area contributed by atoms with Crippen molar-refractivity contribution >= 4 is 45.1 Å². The van der Waals surface area contributed by atoms with Gasteiger partial charge in [0.25, 0.3) is 0 Å².